The maximum absolute atomic E-state index is 5.58. The Labute approximate surface area is 116 Å². The molecule has 2 heterocycles. The highest BCUT2D eigenvalue weighted by molar-refractivity contribution is 7.15. The third-order valence-electron chi connectivity index (χ3n) is 3.14. The van der Waals surface area contributed by atoms with E-state index in [-0.39, 0.29) is 0 Å². The summed E-state index contributed by atoms with van der Waals surface area (Å²) in [6.07, 6.45) is 1.81. The van der Waals surface area contributed by atoms with E-state index in [0.29, 0.717) is 0 Å². The number of furan rings is 1. The van der Waals surface area contributed by atoms with Crippen molar-refractivity contribution in [1.82, 2.24) is 10.3 Å². The van der Waals surface area contributed by atoms with Gasteiger partial charge >= 0.3 is 0 Å². The zero-order chi connectivity index (χ0) is 13.2. The molecule has 3 nitrogen and oxygen atoms in total. The van der Waals surface area contributed by atoms with Gasteiger partial charge in [0.1, 0.15) is 16.9 Å². The van der Waals surface area contributed by atoms with Crippen LogP contribution >= 0.6 is 11.3 Å². The summed E-state index contributed by atoms with van der Waals surface area (Å²) in [5, 5.41) is 5.52. The molecule has 1 aromatic carbocycles. The topological polar surface area (TPSA) is 38.1 Å². The van der Waals surface area contributed by atoms with Gasteiger partial charge in [-0.1, -0.05) is 25.1 Å². The predicted octanol–water partition coefficient (Wildman–Crippen LogP) is 3.97. The van der Waals surface area contributed by atoms with E-state index in [0.717, 1.165) is 40.3 Å². The maximum Gasteiger partial charge on any atom is 0.134 e. The van der Waals surface area contributed by atoms with E-state index in [1.165, 1.54) is 4.88 Å². The molecule has 0 saturated carbocycles. The lowest BCUT2D eigenvalue weighted by Crippen LogP contribution is -2.11. The molecule has 3 aromatic rings. The summed E-state index contributed by atoms with van der Waals surface area (Å²) < 4.78 is 5.58. The highest BCUT2D eigenvalue weighted by Gasteiger charge is 2.13. The molecule has 98 valence electrons. The van der Waals surface area contributed by atoms with Crippen LogP contribution in [0.5, 0.6) is 0 Å². The minimum atomic E-state index is 0.885. The molecule has 3 rings (SSSR count). The Balaban J connectivity index is 2.02. The quantitative estimate of drug-likeness (QED) is 0.781. The van der Waals surface area contributed by atoms with Crippen LogP contribution in [0.25, 0.3) is 21.5 Å². The van der Waals surface area contributed by atoms with E-state index in [9.17, 15) is 0 Å². The van der Waals surface area contributed by atoms with E-state index in [1.807, 2.05) is 18.2 Å². The van der Waals surface area contributed by atoms with Crippen LogP contribution in [-0.4, -0.2) is 11.5 Å². The van der Waals surface area contributed by atoms with E-state index in [2.05, 4.69) is 30.2 Å². The van der Waals surface area contributed by atoms with Gasteiger partial charge in [0.25, 0.3) is 0 Å². The van der Waals surface area contributed by atoms with Crippen LogP contribution in [0.1, 0.15) is 17.5 Å². The molecule has 0 saturated heterocycles. The Morgan fingerprint density at radius 3 is 3.00 bits per heavy atom. The lowest BCUT2D eigenvalue weighted by molar-refractivity contribution is 0.617. The predicted molar refractivity (Wildman–Crippen MR) is 79.4 cm³/mol. The Bertz CT molecular complexity index is 699. The Morgan fingerprint density at radius 1 is 1.32 bits per heavy atom. The minimum absolute atomic E-state index is 0.885. The second-order valence-corrected chi connectivity index (χ2v) is 5.54. The number of hydrogen-bond donors (Lipinski definition) is 1. The number of aryl methyl sites for hydroxylation is 1. The molecule has 0 aliphatic heterocycles. The number of aromatic nitrogens is 1. The van der Waals surface area contributed by atoms with Crippen LogP contribution < -0.4 is 5.32 Å². The van der Waals surface area contributed by atoms with E-state index in [1.54, 1.807) is 17.6 Å². The number of hydrogen-bond acceptors (Lipinski definition) is 4. The molecular formula is C15H16N2OS. The molecule has 0 radical (unpaired) electrons. The molecule has 0 fully saturated rings. The number of thiazole rings is 1. The van der Waals surface area contributed by atoms with Gasteiger partial charge in [-0.15, -0.1) is 11.3 Å². The largest absolute Gasteiger partial charge is 0.464 e. The standard InChI is InChI=1S/C15H16N2OS/c1-3-16-8-14-10(2)17-15(19-14)12-9-18-13-7-5-4-6-11(12)13/h4-7,9,16H,3,8H2,1-2H3. The molecule has 0 amide bonds. The van der Waals surface area contributed by atoms with Crippen molar-refractivity contribution >= 4 is 22.3 Å². The molecule has 0 unspecified atom stereocenters. The van der Waals surface area contributed by atoms with Crippen LogP contribution in [0.4, 0.5) is 0 Å². The summed E-state index contributed by atoms with van der Waals surface area (Å²) >= 11 is 1.74. The average molecular weight is 272 g/mol. The molecule has 0 aliphatic carbocycles. The van der Waals surface area contributed by atoms with E-state index >= 15 is 0 Å². The molecule has 0 aliphatic rings. The first-order chi connectivity index (χ1) is 9.29. The first-order valence-corrected chi connectivity index (χ1v) is 7.25. The van der Waals surface area contributed by atoms with Crippen molar-refractivity contribution < 1.29 is 4.42 Å². The normalized spacial score (nSPS) is 11.3. The summed E-state index contributed by atoms with van der Waals surface area (Å²) in [6, 6.07) is 8.08. The van der Waals surface area contributed by atoms with Gasteiger partial charge in [-0.05, 0) is 19.5 Å². The van der Waals surface area contributed by atoms with Gasteiger partial charge in [0.2, 0.25) is 0 Å². The van der Waals surface area contributed by atoms with Gasteiger partial charge in [-0.25, -0.2) is 4.98 Å². The zero-order valence-electron chi connectivity index (χ0n) is 11.1. The molecule has 1 N–H and O–H groups in total. The Kier molecular flexibility index (Phi) is 3.36. The van der Waals surface area contributed by atoms with Crippen molar-refractivity contribution in [2.75, 3.05) is 6.54 Å². The van der Waals surface area contributed by atoms with Gasteiger partial charge in [0.05, 0.1) is 11.3 Å². The highest BCUT2D eigenvalue weighted by atomic mass is 32.1. The van der Waals surface area contributed by atoms with Gasteiger partial charge in [0, 0.05) is 16.8 Å². The molecule has 4 heteroatoms. The van der Waals surface area contributed by atoms with Crippen LogP contribution in [-0.2, 0) is 6.54 Å². The van der Waals surface area contributed by atoms with E-state index < -0.39 is 0 Å². The lowest BCUT2D eigenvalue weighted by atomic mass is 10.2. The summed E-state index contributed by atoms with van der Waals surface area (Å²) in [6.45, 7) is 6.03. The van der Waals surface area contributed by atoms with Crippen molar-refractivity contribution in [3.63, 3.8) is 0 Å². The minimum Gasteiger partial charge on any atom is -0.464 e. The lowest BCUT2D eigenvalue weighted by Gasteiger charge is -1.97. The number of para-hydroxylation sites is 1. The summed E-state index contributed by atoms with van der Waals surface area (Å²) in [4.78, 5) is 5.97. The third kappa shape index (κ3) is 2.29. The van der Waals surface area contributed by atoms with Gasteiger partial charge < -0.3 is 9.73 Å². The molecule has 2 aromatic heterocycles. The van der Waals surface area contributed by atoms with E-state index in [4.69, 9.17) is 4.42 Å². The molecule has 0 atom stereocenters. The van der Waals surface area contributed by atoms with Crippen LogP contribution in [0, 0.1) is 6.92 Å². The zero-order valence-corrected chi connectivity index (χ0v) is 11.9. The first-order valence-electron chi connectivity index (χ1n) is 6.43. The summed E-state index contributed by atoms with van der Waals surface area (Å²) in [7, 11) is 0. The van der Waals surface area contributed by atoms with Crippen molar-refractivity contribution in [3.05, 3.63) is 41.1 Å². The molecular weight excluding hydrogens is 256 g/mol. The van der Waals surface area contributed by atoms with Crippen LogP contribution in [0.3, 0.4) is 0 Å². The third-order valence-corrected chi connectivity index (χ3v) is 4.33. The van der Waals surface area contributed by atoms with Crippen molar-refractivity contribution in [2.45, 2.75) is 20.4 Å². The number of benzene rings is 1. The number of rotatable bonds is 4. The fraction of sp³-hybridized carbons (Fsp3) is 0.267. The second kappa shape index (κ2) is 5.15. The molecule has 19 heavy (non-hydrogen) atoms. The fourth-order valence-corrected chi connectivity index (χ4v) is 3.14. The highest BCUT2D eigenvalue weighted by Crippen LogP contribution is 2.34. The Morgan fingerprint density at radius 2 is 2.16 bits per heavy atom. The average Bonchev–Trinajstić information content (AvgIpc) is 3.00. The fourth-order valence-electron chi connectivity index (χ4n) is 2.09. The monoisotopic (exact) mass is 272 g/mol. The number of fused-ring (bicyclic) bond motifs is 1. The van der Waals surface area contributed by atoms with Gasteiger partial charge in [0.15, 0.2) is 0 Å². The van der Waals surface area contributed by atoms with Gasteiger partial charge in [-0.2, -0.15) is 0 Å². The van der Waals surface area contributed by atoms with Crippen molar-refractivity contribution in [3.8, 4) is 10.6 Å². The van der Waals surface area contributed by atoms with Crippen LogP contribution in [0.15, 0.2) is 34.9 Å². The van der Waals surface area contributed by atoms with Gasteiger partial charge in [-0.3, -0.25) is 0 Å². The molecule has 0 spiro atoms. The summed E-state index contributed by atoms with van der Waals surface area (Å²) in [5.74, 6) is 0. The molecule has 0 bridgehead atoms. The van der Waals surface area contributed by atoms with Crippen LogP contribution in [0.2, 0.25) is 0 Å². The van der Waals surface area contributed by atoms with Crippen molar-refractivity contribution in [1.29, 1.82) is 0 Å². The number of nitrogens with one attached hydrogen (secondary N) is 1. The SMILES string of the molecule is CCNCc1sc(-c2coc3ccccc23)nc1C. The van der Waals surface area contributed by atoms with Crippen molar-refractivity contribution in [2.24, 2.45) is 0 Å². The number of nitrogens with zero attached hydrogens (tertiary/aromatic N) is 1. The smallest absolute Gasteiger partial charge is 0.134 e. The first kappa shape index (κ1) is 12.4. The second-order valence-electron chi connectivity index (χ2n) is 4.45. The Hall–Kier alpha value is -1.65. The summed E-state index contributed by atoms with van der Waals surface area (Å²) in [5.41, 5.74) is 3.11. The maximum atomic E-state index is 5.58.